The van der Waals surface area contributed by atoms with Crippen LogP contribution >= 0.6 is 0 Å². The van der Waals surface area contributed by atoms with Crippen molar-refractivity contribution in [3.05, 3.63) is 89.7 Å². The van der Waals surface area contributed by atoms with Gasteiger partial charge in [0, 0.05) is 12.1 Å². The van der Waals surface area contributed by atoms with Crippen molar-refractivity contribution >= 4 is 27.5 Å². The fraction of sp³-hybridized carbons (Fsp3) is 0.333. The molecule has 0 saturated carbocycles. The number of aryl methyl sites for hydroxylation is 1. The van der Waals surface area contributed by atoms with Crippen LogP contribution in [0.25, 0.3) is 0 Å². The number of carbonyl (C=O) groups is 2. The third-order valence-electron chi connectivity index (χ3n) is 6.18. The molecule has 0 aliphatic rings. The molecule has 2 amide bonds. The van der Waals surface area contributed by atoms with Crippen LogP contribution in [0.5, 0.6) is 5.75 Å². The summed E-state index contributed by atoms with van der Waals surface area (Å²) in [7, 11) is -2.72. The lowest BCUT2D eigenvalue weighted by Crippen LogP contribution is -2.54. The van der Waals surface area contributed by atoms with Gasteiger partial charge in [0.25, 0.3) is 10.0 Å². The molecule has 3 rings (SSSR count). The summed E-state index contributed by atoms with van der Waals surface area (Å²) in [4.78, 5) is 28.3. The number of benzene rings is 3. The second-order valence-electron chi connectivity index (χ2n) is 10.6. The standard InChI is InChI=1S/C30H36FN3O5S/c1-21-7-13-25(14-8-21)34(40(37,38)27-17-11-24(31)12-18-27)20-28(35)33(22(2)29(36)32-30(3,4)5)19-23-9-15-26(39-6)16-10-23/h7-18,22H,19-20H2,1-6H3,(H,32,36)/t22-/m1/s1. The highest BCUT2D eigenvalue weighted by Gasteiger charge is 2.33. The third-order valence-corrected chi connectivity index (χ3v) is 7.97. The van der Waals surface area contributed by atoms with Crippen LogP contribution in [0.1, 0.15) is 38.8 Å². The van der Waals surface area contributed by atoms with E-state index in [0.29, 0.717) is 5.75 Å². The molecule has 214 valence electrons. The summed E-state index contributed by atoms with van der Waals surface area (Å²) in [5, 5.41) is 2.89. The molecule has 0 fully saturated rings. The minimum Gasteiger partial charge on any atom is -0.497 e. The maximum absolute atomic E-state index is 13.9. The summed E-state index contributed by atoms with van der Waals surface area (Å²) in [6.07, 6.45) is 0. The minimum absolute atomic E-state index is 0.0554. The summed E-state index contributed by atoms with van der Waals surface area (Å²) in [5.41, 5.74) is 1.36. The average Bonchev–Trinajstić information content (AvgIpc) is 2.90. The highest BCUT2D eigenvalue weighted by atomic mass is 32.2. The predicted octanol–water partition coefficient (Wildman–Crippen LogP) is 4.67. The number of hydrogen-bond acceptors (Lipinski definition) is 5. The van der Waals surface area contributed by atoms with E-state index >= 15 is 0 Å². The number of nitrogens with zero attached hydrogens (tertiary/aromatic N) is 2. The first-order chi connectivity index (χ1) is 18.7. The van der Waals surface area contributed by atoms with E-state index in [2.05, 4.69) is 5.32 Å². The van der Waals surface area contributed by atoms with Crippen LogP contribution in [0.2, 0.25) is 0 Å². The van der Waals surface area contributed by atoms with Gasteiger partial charge in [-0.1, -0.05) is 29.8 Å². The van der Waals surface area contributed by atoms with Crippen molar-refractivity contribution in [3.63, 3.8) is 0 Å². The number of halogens is 1. The number of carbonyl (C=O) groups excluding carboxylic acids is 2. The van der Waals surface area contributed by atoms with Crippen molar-refractivity contribution in [2.75, 3.05) is 18.0 Å². The first-order valence-corrected chi connectivity index (χ1v) is 14.2. The molecule has 8 nitrogen and oxygen atoms in total. The van der Waals surface area contributed by atoms with Crippen molar-refractivity contribution < 1.29 is 27.1 Å². The number of ether oxygens (including phenoxy) is 1. The molecular formula is C30H36FN3O5S. The van der Waals surface area contributed by atoms with Crippen LogP contribution in [0.3, 0.4) is 0 Å². The topological polar surface area (TPSA) is 96.0 Å². The first-order valence-electron chi connectivity index (χ1n) is 12.8. The molecule has 0 saturated heterocycles. The fourth-order valence-corrected chi connectivity index (χ4v) is 5.37. The highest BCUT2D eigenvalue weighted by Crippen LogP contribution is 2.25. The summed E-state index contributed by atoms with van der Waals surface area (Å²) in [6, 6.07) is 17.2. The molecular weight excluding hydrogens is 533 g/mol. The lowest BCUT2D eigenvalue weighted by Gasteiger charge is -2.33. The zero-order valence-electron chi connectivity index (χ0n) is 23.6. The summed E-state index contributed by atoms with van der Waals surface area (Å²) in [5.74, 6) is -0.909. The summed E-state index contributed by atoms with van der Waals surface area (Å²) < 4.78 is 47.3. The van der Waals surface area contributed by atoms with E-state index in [0.717, 1.165) is 39.7 Å². The third kappa shape index (κ3) is 7.81. The van der Waals surface area contributed by atoms with Crippen LogP contribution in [-0.4, -0.2) is 50.4 Å². The molecule has 0 aliphatic heterocycles. The molecule has 3 aromatic rings. The van der Waals surface area contributed by atoms with Crippen molar-refractivity contribution in [1.29, 1.82) is 0 Å². The number of hydrogen-bond donors (Lipinski definition) is 1. The van der Waals surface area contributed by atoms with Gasteiger partial charge in [0.05, 0.1) is 17.7 Å². The van der Waals surface area contributed by atoms with E-state index in [1.165, 1.54) is 4.90 Å². The quantitative estimate of drug-likeness (QED) is 0.383. The predicted molar refractivity (Wildman–Crippen MR) is 153 cm³/mol. The number of methoxy groups -OCH3 is 1. The van der Waals surface area contributed by atoms with E-state index in [-0.39, 0.29) is 23.0 Å². The van der Waals surface area contributed by atoms with Crippen molar-refractivity contribution in [2.24, 2.45) is 0 Å². The second kappa shape index (κ2) is 12.5. The van der Waals surface area contributed by atoms with Gasteiger partial charge in [0.1, 0.15) is 24.2 Å². The summed E-state index contributed by atoms with van der Waals surface area (Å²) in [6.45, 7) is 8.45. The van der Waals surface area contributed by atoms with Crippen molar-refractivity contribution in [2.45, 2.75) is 57.6 Å². The van der Waals surface area contributed by atoms with Gasteiger partial charge in [0.15, 0.2) is 0 Å². The number of sulfonamides is 1. The van der Waals surface area contributed by atoms with Crippen LogP contribution in [0.15, 0.2) is 77.7 Å². The molecule has 0 radical (unpaired) electrons. The fourth-order valence-electron chi connectivity index (χ4n) is 3.96. The molecule has 1 N–H and O–H groups in total. The van der Waals surface area contributed by atoms with Crippen LogP contribution in [-0.2, 0) is 26.2 Å². The SMILES string of the molecule is COc1ccc(CN(C(=O)CN(c2ccc(C)cc2)S(=O)(=O)c2ccc(F)cc2)[C@H](C)C(=O)NC(C)(C)C)cc1. The first kappa shape index (κ1) is 30.6. The van der Waals surface area contributed by atoms with Gasteiger partial charge in [-0.05, 0) is 88.7 Å². The van der Waals surface area contributed by atoms with Gasteiger partial charge < -0.3 is 15.0 Å². The molecule has 3 aromatic carbocycles. The Balaban J connectivity index is 2.02. The van der Waals surface area contributed by atoms with Gasteiger partial charge in [-0.2, -0.15) is 0 Å². The van der Waals surface area contributed by atoms with Crippen molar-refractivity contribution in [1.82, 2.24) is 10.2 Å². The largest absolute Gasteiger partial charge is 0.497 e. The van der Waals surface area contributed by atoms with Crippen molar-refractivity contribution in [3.8, 4) is 5.75 Å². The molecule has 1 atom stereocenters. The normalized spacial score (nSPS) is 12.4. The van der Waals surface area contributed by atoms with Crippen LogP contribution < -0.4 is 14.4 Å². The maximum Gasteiger partial charge on any atom is 0.264 e. The molecule has 40 heavy (non-hydrogen) atoms. The monoisotopic (exact) mass is 569 g/mol. The lowest BCUT2D eigenvalue weighted by molar-refractivity contribution is -0.140. The smallest absolute Gasteiger partial charge is 0.264 e. The van der Waals surface area contributed by atoms with Gasteiger partial charge in [-0.15, -0.1) is 0 Å². The lowest BCUT2D eigenvalue weighted by atomic mass is 10.1. The molecule has 0 spiro atoms. The Morgan fingerprint density at radius 2 is 1.52 bits per heavy atom. The van der Waals surface area contributed by atoms with E-state index in [1.807, 2.05) is 27.7 Å². The number of rotatable bonds is 10. The Hall–Kier alpha value is -3.92. The van der Waals surface area contributed by atoms with Gasteiger partial charge in [-0.25, -0.2) is 12.8 Å². The Kier molecular flexibility index (Phi) is 9.57. The van der Waals surface area contributed by atoms with Crippen LogP contribution in [0.4, 0.5) is 10.1 Å². The number of anilines is 1. The van der Waals surface area contributed by atoms with Gasteiger partial charge in [0.2, 0.25) is 11.8 Å². The minimum atomic E-state index is -4.27. The molecule has 0 unspecified atom stereocenters. The molecule has 0 aromatic heterocycles. The van der Waals surface area contributed by atoms with E-state index in [9.17, 15) is 22.4 Å². The van der Waals surface area contributed by atoms with E-state index in [1.54, 1.807) is 62.6 Å². The number of amides is 2. The van der Waals surface area contributed by atoms with Gasteiger partial charge >= 0.3 is 0 Å². The van der Waals surface area contributed by atoms with E-state index in [4.69, 9.17) is 4.74 Å². The molecule has 0 aliphatic carbocycles. The zero-order chi connectivity index (χ0) is 29.7. The van der Waals surface area contributed by atoms with E-state index < -0.39 is 39.9 Å². The average molecular weight is 570 g/mol. The van der Waals surface area contributed by atoms with Crippen LogP contribution in [0, 0.1) is 12.7 Å². The Labute approximate surface area is 235 Å². The van der Waals surface area contributed by atoms with Gasteiger partial charge in [-0.3, -0.25) is 13.9 Å². The second-order valence-corrected chi connectivity index (χ2v) is 12.4. The Morgan fingerprint density at radius 1 is 0.950 bits per heavy atom. The Morgan fingerprint density at radius 3 is 2.05 bits per heavy atom. The zero-order valence-corrected chi connectivity index (χ0v) is 24.5. The molecule has 10 heteroatoms. The number of nitrogens with one attached hydrogen (secondary N) is 1. The summed E-state index contributed by atoms with van der Waals surface area (Å²) >= 11 is 0. The molecule has 0 heterocycles. The molecule has 0 bridgehead atoms. The maximum atomic E-state index is 13.9. The highest BCUT2D eigenvalue weighted by molar-refractivity contribution is 7.92. The Bertz CT molecular complexity index is 1420.